The van der Waals surface area contributed by atoms with Crippen molar-refractivity contribution in [3.8, 4) is 17.0 Å². The molecule has 3 heterocycles. The van der Waals surface area contributed by atoms with Crippen LogP contribution in [0.4, 0.5) is 0 Å². The van der Waals surface area contributed by atoms with Crippen LogP contribution in [-0.4, -0.2) is 65.2 Å². The highest BCUT2D eigenvalue weighted by Crippen LogP contribution is 2.30. The number of fused-ring (bicyclic) bond motifs is 1. The highest BCUT2D eigenvalue weighted by atomic mass is 16.5. The summed E-state index contributed by atoms with van der Waals surface area (Å²) in [6, 6.07) is 12.2. The Labute approximate surface area is 229 Å². The number of ether oxygens (including phenoxy) is 1. The van der Waals surface area contributed by atoms with E-state index in [1.54, 1.807) is 7.11 Å². The van der Waals surface area contributed by atoms with Crippen LogP contribution < -0.4 is 4.74 Å². The van der Waals surface area contributed by atoms with Crippen molar-refractivity contribution in [3.05, 3.63) is 53.7 Å². The van der Waals surface area contributed by atoms with E-state index in [4.69, 9.17) is 9.84 Å². The van der Waals surface area contributed by atoms with E-state index in [2.05, 4.69) is 43.9 Å². The van der Waals surface area contributed by atoms with Crippen molar-refractivity contribution < 1.29 is 9.53 Å². The van der Waals surface area contributed by atoms with Crippen LogP contribution in [0.1, 0.15) is 81.6 Å². The number of carbonyl (C=O) groups excluding carboxylic acids is 1. The molecule has 6 heteroatoms. The predicted octanol–water partition coefficient (Wildman–Crippen LogP) is 6.72. The van der Waals surface area contributed by atoms with Crippen LogP contribution in [0.5, 0.6) is 5.75 Å². The summed E-state index contributed by atoms with van der Waals surface area (Å²) < 4.78 is 7.34. The number of amides is 1. The Morgan fingerprint density at radius 3 is 2.50 bits per heavy atom. The first-order valence-electron chi connectivity index (χ1n) is 14.7. The highest BCUT2D eigenvalue weighted by molar-refractivity contribution is 5.95. The smallest absolute Gasteiger partial charge is 0.253 e. The minimum absolute atomic E-state index is 0.132. The lowest BCUT2D eigenvalue weighted by molar-refractivity contribution is 0.0746. The van der Waals surface area contributed by atoms with E-state index < -0.39 is 0 Å². The van der Waals surface area contributed by atoms with Gasteiger partial charge in [0.15, 0.2) is 0 Å². The second kappa shape index (κ2) is 13.8. The van der Waals surface area contributed by atoms with Gasteiger partial charge in [-0.3, -0.25) is 4.79 Å². The van der Waals surface area contributed by atoms with Crippen LogP contribution in [-0.2, 0) is 6.42 Å². The van der Waals surface area contributed by atoms with Gasteiger partial charge in [-0.1, -0.05) is 33.6 Å². The lowest BCUT2D eigenvalue weighted by atomic mass is 10.0. The van der Waals surface area contributed by atoms with Gasteiger partial charge < -0.3 is 14.5 Å². The number of nitrogens with zero attached hydrogens (tertiary/aromatic N) is 4. The molecule has 1 aliphatic rings. The van der Waals surface area contributed by atoms with Crippen LogP contribution in [0.15, 0.2) is 42.6 Å². The maximum absolute atomic E-state index is 13.7. The molecule has 38 heavy (non-hydrogen) atoms. The van der Waals surface area contributed by atoms with Crippen LogP contribution >= 0.6 is 0 Å². The molecule has 0 radical (unpaired) electrons. The number of hydrogen-bond acceptors (Lipinski definition) is 4. The van der Waals surface area contributed by atoms with Crippen LogP contribution in [0.2, 0.25) is 0 Å². The Morgan fingerprint density at radius 2 is 1.82 bits per heavy atom. The van der Waals surface area contributed by atoms with Crippen molar-refractivity contribution in [2.24, 2.45) is 5.92 Å². The van der Waals surface area contributed by atoms with Gasteiger partial charge in [0.05, 0.1) is 18.3 Å². The molecule has 0 saturated carbocycles. The summed E-state index contributed by atoms with van der Waals surface area (Å²) >= 11 is 0. The third-order valence-electron chi connectivity index (χ3n) is 7.74. The maximum Gasteiger partial charge on any atom is 0.253 e. The zero-order chi connectivity index (χ0) is 26.9. The molecule has 1 fully saturated rings. The standard InChI is InChI=1S/C32H46N4O2/c1-5-6-21-35(22-16-25(2)3)32(37)27-17-23-36-30(24-27)29(11-10-20-34-18-8-7-9-19-34)31(33-36)26-12-14-28(38-4)15-13-26/h12-15,17,23-25H,5-11,16,18-22H2,1-4H3. The fourth-order valence-electron chi connectivity index (χ4n) is 5.38. The zero-order valence-electron chi connectivity index (χ0n) is 23.9. The van der Waals surface area contributed by atoms with Crippen molar-refractivity contribution in [1.82, 2.24) is 19.4 Å². The number of likely N-dealkylation sites (tertiary alicyclic amines) is 1. The minimum Gasteiger partial charge on any atom is -0.497 e. The van der Waals surface area contributed by atoms with Crippen molar-refractivity contribution in [2.45, 2.75) is 72.1 Å². The minimum atomic E-state index is 0.132. The SMILES string of the molecule is CCCCN(CCC(C)C)C(=O)c1ccn2nc(-c3ccc(OC)cc3)c(CCCN3CCCCC3)c2c1. The first-order valence-corrected chi connectivity index (χ1v) is 14.7. The van der Waals surface area contributed by atoms with E-state index in [-0.39, 0.29) is 5.91 Å². The molecule has 0 spiro atoms. The van der Waals surface area contributed by atoms with Gasteiger partial charge in [0, 0.05) is 36.0 Å². The average molecular weight is 519 g/mol. The molecule has 4 rings (SSSR count). The second-order valence-corrected chi connectivity index (χ2v) is 11.1. The lowest BCUT2D eigenvalue weighted by Crippen LogP contribution is -2.33. The number of carbonyl (C=O) groups is 1. The predicted molar refractivity (Wildman–Crippen MR) is 156 cm³/mol. The third kappa shape index (κ3) is 7.16. The molecule has 0 N–H and O–H groups in total. The van der Waals surface area contributed by atoms with Gasteiger partial charge in [-0.05, 0) is 100 Å². The van der Waals surface area contributed by atoms with Gasteiger partial charge in [-0.15, -0.1) is 0 Å². The van der Waals surface area contributed by atoms with Crippen LogP contribution in [0.3, 0.4) is 0 Å². The van der Waals surface area contributed by atoms with Gasteiger partial charge in [0.2, 0.25) is 0 Å². The number of piperidine rings is 1. The number of aromatic nitrogens is 2. The molecule has 0 unspecified atom stereocenters. The molecular weight excluding hydrogens is 472 g/mol. The molecule has 1 aromatic carbocycles. The second-order valence-electron chi connectivity index (χ2n) is 11.1. The van der Waals surface area contributed by atoms with Crippen molar-refractivity contribution in [1.29, 1.82) is 0 Å². The van der Waals surface area contributed by atoms with E-state index in [1.165, 1.54) is 37.9 Å². The summed E-state index contributed by atoms with van der Waals surface area (Å²) in [4.78, 5) is 18.3. The molecule has 1 aliphatic heterocycles. The summed E-state index contributed by atoms with van der Waals surface area (Å²) in [6.45, 7) is 11.8. The molecule has 1 amide bonds. The molecular formula is C32H46N4O2. The van der Waals surface area contributed by atoms with Crippen LogP contribution in [0.25, 0.3) is 16.8 Å². The van der Waals surface area contributed by atoms with E-state index in [9.17, 15) is 4.79 Å². The summed E-state index contributed by atoms with van der Waals surface area (Å²) in [7, 11) is 1.69. The van der Waals surface area contributed by atoms with E-state index in [1.807, 2.05) is 33.8 Å². The summed E-state index contributed by atoms with van der Waals surface area (Å²) in [5.41, 5.74) is 5.11. The molecule has 1 saturated heterocycles. The van der Waals surface area contributed by atoms with Gasteiger partial charge >= 0.3 is 0 Å². The van der Waals surface area contributed by atoms with Crippen molar-refractivity contribution >= 4 is 11.4 Å². The van der Waals surface area contributed by atoms with E-state index in [0.29, 0.717) is 5.92 Å². The van der Waals surface area contributed by atoms with Gasteiger partial charge in [0.1, 0.15) is 5.75 Å². The van der Waals surface area contributed by atoms with Gasteiger partial charge in [-0.2, -0.15) is 5.10 Å². The molecule has 3 aromatic rings. The largest absolute Gasteiger partial charge is 0.497 e. The number of pyridine rings is 1. The van der Waals surface area contributed by atoms with Crippen molar-refractivity contribution in [3.63, 3.8) is 0 Å². The highest BCUT2D eigenvalue weighted by Gasteiger charge is 2.20. The third-order valence-corrected chi connectivity index (χ3v) is 7.74. The number of methoxy groups -OCH3 is 1. The first-order chi connectivity index (χ1) is 18.5. The molecule has 0 bridgehead atoms. The normalized spacial score (nSPS) is 14.3. The Hall–Kier alpha value is -2.86. The molecule has 2 aromatic heterocycles. The fraction of sp³-hybridized carbons (Fsp3) is 0.562. The topological polar surface area (TPSA) is 50.1 Å². The molecule has 206 valence electrons. The maximum atomic E-state index is 13.7. The Morgan fingerprint density at radius 1 is 1.05 bits per heavy atom. The number of hydrogen-bond donors (Lipinski definition) is 0. The summed E-state index contributed by atoms with van der Waals surface area (Å²) in [6.07, 6.45) is 11.1. The molecule has 0 aliphatic carbocycles. The fourth-order valence-corrected chi connectivity index (χ4v) is 5.38. The Balaban J connectivity index is 1.64. The molecule has 6 nitrogen and oxygen atoms in total. The number of unbranched alkanes of at least 4 members (excludes halogenated alkanes) is 1. The van der Waals surface area contributed by atoms with E-state index >= 15 is 0 Å². The summed E-state index contributed by atoms with van der Waals surface area (Å²) in [5, 5.41) is 5.00. The average Bonchev–Trinajstić information content (AvgIpc) is 3.31. The van der Waals surface area contributed by atoms with Crippen LogP contribution in [0, 0.1) is 5.92 Å². The Kier molecular flexibility index (Phi) is 10.2. The number of aryl methyl sites for hydroxylation is 1. The zero-order valence-corrected chi connectivity index (χ0v) is 23.9. The van der Waals surface area contributed by atoms with E-state index in [0.717, 1.165) is 79.8 Å². The lowest BCUT2D eigenvalue weighted by Gasteiger charge is -2.26. The van der Waals surface area contributed by atoms with Gasteiger partial charge in [-0.25, -0.2) is 4.52 Å². The van der Waals surface area contributed by atoms with Gasteiger partial charge in [0.25, 0.3) is 5.91 Å². The quantitative estimate of drug-likeness (QED) is 0.252. The monoisotopic (exact) mass is 518 g/mol. The summed E-state index contributed by atoms with van der Waals surface area (Å²) in [5.74, 6) is 1.54. The molecule has 0 atom stereocenters. The van der Waals surface area contributed by atoms with Crippen molar-refractivity contribution in [2.75, 3.05) is 39.8 Å². The first kappa shape index (κ1) is 28.2. The number of benzene rings is 1. The number of rotatable bonds is 13. The Bertz CT molecular complexity index is 1160.